The molecule has 2 saturated heterocycles. The second kappa shape index (κ2) is 8.90. The van der Waals surface area contributed by atoms with Gasteiger partial charge in [0.1, 0.15) is 5.82 Å². The normalized spacial score (nSPS) is 22.8. The fourth-order valence-electron chi connectivity index (χ4n) is 4.46. The minimum atomic E-state index is -4.36. The van der Waals surface area contributed by atoms with Gasteiger partial charge in [0.05, 0.1) is 17.4 Å². The Kier molecular flexibility index (Phi) is 6.32. The lowest BCUT2D eigenvalue weighted by Gasteiger charge is -2.37. The lowest BCUT2D eigenvalue weighted by molar-refractivity contribution is 0.0123. The second-order valence-corrected chi connectivity index (χ2v) is 10.9. The van der Waals surface area contributed by atoms with Crippen molar-refractivity contribution >= 4 is 21.7 Å². The predicted octanol–water partition coefficient (Wildman–Crippen LogP) is 2.76. The molecule has 2 atom stereocenters. The van der Waals surface area contributed by atoms with E-state index >= 15 is 0 Å². The Morgan fingerprint density at radius 2 is 2.03 bits per heavy atom. The van der Waals surface area contributed by atoms with Crippen LogP contribution in [0, 0.1) is 5.92 Å². The number of nitrogens with one attached hydrogen (secondary N) is 2. The summed E-state index contributed by atoms with van der Waals surface area (Å²) in [7, 11) is -4.36. The summed E-state index contributed by atoms with van der Waals surface area (Å²) in [4.78, 5) is 33.9. The molecule has 0 saturated carbocycles. The molecule has 0 spiro atoms. The number of aromatic amines is 1. The first kappa shape index (κ1) is 23.4. The zero-order valence-corrected chi connectivity index (χ0v) is 19.9. The van der Waals surface area contributed by atoms with Crippen LogP contribution in [0.5, 0.6) is 0 Å². The minimum absolute atomic E-state index is 0.146. The van der Waals surface area contributed by atoms with Gasteiger partial charge >= 0.3 is 0 Å². The second-order valence-electron chi connectivity index (χ2n) is 9.26. The SMILES string of the molecule is CC1CCN(c2nc(C3CCCCO3)ccc2C(=O)NS(=O)(=O)c2ccc[nH]c2=O)C1(C)C. The average molecular weight is 475 g/mol. The van der Waals surface area contributed by atoms with Gasteiger partial charge in [0, 0.05) is 24.9 Å². The topological polar surface area (TPSA) is 121 Å². The Morgan fingerprint density at radius 1 is 1.24 bits per heavy atom. The molecular formula is C23H30N4O5S. The van der Waals surface area contributed by atoms with E-state index in [1.807, 2.05) is 4.72 Å². The summed E-state index contributed by atoms with van der Waals surface area (Å²) >= 11 is 0. The summed E-state index contributed by atoms with van der Waals surface area (Å²) in [5, 5.41) is 0. The van der Waals surface area contributed by atoms with Crippen molar-refractivity contribution in [3.8, 4) is 0 Å². The van der Waals surface area contributed by atoms with Crippen LogP contribution in [0.25, 0.3) is 0 Å². The van der Waals surface area contributed by atoms with Gasteiger partial charge < -0.3 is 14.6 Å². The van der Waals surface area contributed by atoms with E-state index < -0.39 is 26.4 Å². The van der Waals surface area contributed by atoms with Crippen LogP contribution in [-0.4, -0.2) is 43.0 Å². The Balaban J connectivity index is 1.73. The quantitative estimate of drug-likeness (QED) is 0.683. The summed E-state index contributed by atoms with van der Waals surface area (Å²) in [6.07, 6.45) is 5.01. The van der Waals surface area contributed by atoms with Crippen LogP contribution >= 0.6 is 0 Å². The number of aromatic nitrogens is 2. The first-order chi connectivity index (χ1) is 15.6. The number of sulfonamides is 1. The van der Waals surface area contributed by atoms with Crippen LogP contribution < -0.4 is 15.2 Å². The molecule has 178 valence electrons. The molecule has 10 heteroatoms. The number of nitrogens with zero attached hydrogens (tertiary/aromatic N) is 2. The zero-order valence-electron chi connectivity index (χ0n) is 19.1. The van der Waals surface area contributed by atoms with Gasteiger partial charge in [-0.3, -0.25) is 9.59 Å². The van der Waals surface area contributed by atoms with Crippen LogP contribution in [0.15, 0.2) is 40.2 Å². The fourth-order valence-corrected chi connectivity index (χ4v) is 5.48. The summed E-state index contributed by atoms with van der Waals surface area (Å²) < 4.78 is 33.5. The first-order valence-electron chi connectivity index (χ1n) is 11.3. The van der Waals surface area contributed by atoms with E-state index in [0.29, 0.717) is 24.9 Å². The van der Waals surface area contributed by atoms with E-state index in [1.54, 1.807) is 12.1 Å². The molecule has 2 aliphatic rings. The number of H-pyrrole nitrogens is 1. The van der Waals surface area contributed by atoms with Gasteiger partial charge in [-0.1, -0.05) is 6.92 Å². The smallest absolute Gasteiger partial charge is 0.269 e. The van der Waals surface area contributed by atoms with Crippen LogP contribution in [-0.2, 0) is 14.8 Å². The van der Waals surface area contributed by atoms with E-state index in [-0.39, 0.29) is 17.2 Å². The van der Waals surface area contributed by atoms with Crippen molar-refractivity contribution in [1.82, 2.24) is 14.7 Å². The van der Waals surface area contributed by atoms with Crippen LogP contribution in [0.3, 0.4) is 0 Å². The van der Waals surface area contributed by atoms with Crippen molar-refractivity contribution in [3.63, 3.8) is 0 Å². The van der Waals surface area contributed by atoms with E-state index in [0.717, 1.165) is 37.4 Å². The molecule has 2 N–H and O–H groups in total. The van der Waals surface area contributed by atoms with Gasteiger partial charge in [-0.25, -0.2) is 18.1 Å². The largest absolute Gasteiger partial charge is 0.372 e. The van der Waals surface area contributed by atoms with Crippen molar-refractivity contribution in [2.45, 2.75) is 63.0 Å². The zero-order chi connectivity index (χ0) is 23.8. The molecule has 2 unspecified atom stereocenters. The van der Waals surface area contributed by atoms with E-state index in [2.05, 4.69) is 30.7 Å². The fraction of sp³-hybridized carbons (Fsp3) is 0.522. The van der Waals surface area contributed by atoms with Crippen LogP contribution in [0.4, 0.5) is 5.82 Å². The Labute approximate surface area is 193 Å². The number of pyridine rings is 2. The summed E-state index contributed by atoms with van der Waals surface area (Å²) in [5.41, 5.74) is -0.189. The van der Waals surface area contributed by atoms with Crippen molar-refractivity contribution in [3.05, 3.63) is 52.1 Å². The molecule has 2 aromatic rings. The van der Waals surface area contributed by atoms with Crippen LogP contribution in [0.2, 0.25) is 0 Å². The number of carbonyl (C=O) groups is 1. The van der Waals surface area contributed by atoms with Crippen molar-refractivity contribution in [2.75, 3.05) is 18.1 Å². The van der Waals surface area contributed by atoms with E-state index in [4.69, 9.17) is 9.72 Å². The molecule has 0 bridgehead atoms. The Morgan fingerprint density at radius 3 is 2.67 bits per heavy atom. The molecule has 0 radical (unpaired) electrons. The molecule has 9 nitrogen and oxygen atoms in total. The highest BCUT2D eigenvalue weighted by atomic mass is 32.2. The molecule has 2 aromatic heterocycles. The van der Waals surface area contributed by atoms with Crippen LogP contribution in [0.1, 0.15) is 68.6 Å². The Hall–Kier alpha value is -2.72. The van der Waals surface area contributed by atoms with Crippen molar-refractivity contribution < 1.29 is 17.9 Å². The van der Waals surface area contributed by atoms with E-state index in [9.17, 15) is 18.0 Å². The summed E-state index contributed by atoms with van der Waals surface area (Å²) in [6, 6.07) is 5.88. The number of anilines is 1. The maximum absolute atomic E-state index is 13.2. The number of hydrogen-bond acceptors (Lipinski definition) is 7. The van der Waals surface area contributed by atoms with E-state index in [1.165, 1.54) is 12.3 Å². The molecule has 1 amide bonds. The third-order valence-electron chi connectivity index (χ3n) is 6.89. The lowest BCUT2D eigenvalue weighted by atomic mass is 9.90. The van der Waals surface area contributed by atoms with Crippen molar-refractivity contribution in [2.24, 2.45) is 5.92 Å². The minimum Gasteiger partial charge on any atom is -0.372 e. The maximum Gasteiger partial charge on any atom is 0.269 e. The first-order valence-corrected chi connectivity index (χ1v) is 12.7. The number of rotatable bonds is 5. The standard InChI is InChI=1S/C23H30N4O5S/c1-15-11-13-27(23(15,2)3)20-16(9-10-17(25-20)18-7-4-5-14-32-18)21(28)26-33(30,31)19-8-6-12-24-22(19)29/h6,8-10,12,15,18H,4-5,7,11,13-14H2,1-3H3,(H,24,29)(H,26,28). The number of hydrogen-bond donors (Lipinski definition) is 2. The van der Waals surface area contributed by atoms with Gasteiger partial charge in [-0.15, -0.1) is 0 Å². The molecule has 33 heavy (non-hydrogen) atoms. The molecule has 4 heterocycles. The number of ether oxygens (including phenoxy) is 1. The highest BCUT2D eigenvalue weighted by Gasteiger charge is 2.41. The predicted molar refractivity (Wildman–Crippen MR) is 124 cm³/mol. The number of amides is 1. The molecule has 2 aliphatic heterocycles. The van der Waals surface area contributed by atoms with Crippen molar-refractivity contribution in [1.29, 1.82) is 0 Å². The molecule has 4 rings (SSSR count). The molecule has 2 fully saturated rings. The summed E-state index contributed by atoms with van der Waals surface area (Å²) in [6.45, 7) is 7.71. The maximum atomic E-state index is 13.2. The average Bonchev–Trinajstić information content (AvgIpc) is 3.06. The molecule has 0 aliphatic carbocycles. The highest BCUT2D eigenvalue weighted by molar-refractivity contribution is 7.90. The lowest BCUT2D eigenvalue weighted by Crippen LogP contribution is -2.44. The van der Waals surface area contributed by atoms with Gasteiger partial charge in [0.2, 0.25) is 0 Å². The Bertz CT molecular complexity index is 1200. The van der Waals surface area contributed by atoms with Gasteiger partial charge in [0.15, 0.2) is 4.90 Å². The number of carbonyl (C=O) groups excluding carboxylic acids is 1. The van der Waals surface area contributed by atoms with Gasteiger partial charge in [-0.05, 0) is 69.7 Å². The molecular weight excluding hydrogens is 444 g/mol. The highest BCUT2D eigenvalue weighted by Crippen LogP contribution is 2.39. The third kappa shape index (κ3) is 4.54. The monoisotopic (exact) mass is 474 g/mol. The molecule has 0 aromatic carbocycles. The van der Waals surface area contributed by atoms with Gasteiger partial charge in [-0.2, -0.15) is 0 Å². The third-order valence-corrected chi connectivity index (χ3v) is 8.25. The van der Waals surface area contributed by atoms with Gasteiger partial charge in [0.25, 0.3) is 21.5 Å². The summed E-state index contributed by atoms with van der Waals surface area (Å²) in [5.74, 6) is -0.0330.